The Labute approximate surface area is 135 Å². The summed E-state index contributed by atoms with van der Waals surface area (Å²) in [5.41, 5.74) is 3.78. The van der Waals surface area contributed by atoms with Gasteiger partial charge in [-0.1, -0.05) is 35.9 Å². The molecule has 1 aliphatic carbocycles. The molecule has 0 spiro atoms. The minimum Gasteiger partial charge on any atom is -0.497 e. The molecule has 2 aliphatic rings. The minimum absolute atomic E-state index is 0.291. The fourth-order valence-electron chi connectivity index (χ4n) is 3.73. The Bertz CT molecular complexity index is 740. The standard InChI is InChI=1S/C19H18ClNO/c1-22-14-8-9-18-17(11-14)15-6-3-7-16(15)19(21-18)12-4-2-5-13(20)10-12/h2-6,8-11,15-16,19,21H,7H2,1H3/t15-,16+,19+/m1/s1. The molecule has 1 aliphatic heterocycles. The van der Waals surface area contributed by atoms with Crippen molar-refractivity contribution in [1.29, 1.82) is 0 Å². The molecule has 0 saturated carbocycles. The molecule has 3 heteroatoms. The number of allylic oxidation sites excluding steroid dienone is 2. The number of fused-ring (bicyclic) bond motifs is 3. The minimum atomic E-state index is 0.291. The van der Waals surface area contributed by atoms with E-state index < -0.39 is 0 Å². The van der Waals surface area contributed by atoms with Crippen molar-refractivity contribution in [3.05, 3.63) is 70.8 Å². The molecule has 4 rings (SSSR count). The van der Waals surface area contributed by atoms with Crippen LogP contribution in [-0.2, 0) is 0 Å². The summed E-state index contributed by atoms with van der Waals surface area (Å²) >= 11 is 6.19. The van der Waals surface area contributed by atoms with E-state index in [-0.39, 0.29) is 0 Å². The highest BCUT2D eigenvalue weighted by Gasteiger charge is 2.38. The molecule has 1 N–H and O–H groups in total. The monoisotopic (exact) mass is 311 g/mol. The van der Waals surface area contributed by atoms with Crippen LogP contribution in [0.3, 0.4) is 0 Å². The van der Waals surface area contributed by atoms with Gasteiger partial charge in [0.05, 0.1) is 13.2 Å². The number of benzene rings is 2. The van der Waals surface area contributed by atoms with Crippen LogP contribution in [-0.4, -0.2) is 7.11 Å². The molecule has 2 nitrogen and oxygen atoms in total. The van der Waals surface area contributed by atoms with Crippen LogP contribution in [0.4, 0.5) is 5.69 Å². The van der Waals surface area contributed by atoms with E-state index in [1.807, 2.05) is 18.2 Å². The largest absolute Gasteiger partial charge is 0.497 e. The number of rotatable bonds is 2. The van der Waals surface area contributed by atoms with Crippen LogP contribution in [0.15, 0.2) is 54.6 Å². The second-order valence-corrected chi connectivity index (χ2v) is 6.42. The van der Waals surface area contributed by atoms with Crippen LogP contribution < -0.4 is 10.1 Å². The molecule has 1 heterocycles. The van der Waals surface area contributed by atoms with Gasteiger partial charge in [0.25, 0.3) is 0 Å². The van der Waals surface area contributed by atoms with Gasteiger partial charge in [0.15, 0.2) is 0 Å². The zero-order chi connectivity index (χ0) is 15.1. The predicted molar refractivity (Wildman–Crippen MR) is 90.8 cm³/mol. The topological polar surface area (TPSA) is 21.3 Å². The van der Waals surface area contributed by atoms with Crippen LogP contribution >= 0.6 is 11.6 Å². The molecular weight excluding hydrogens is 294 g/mol. The Morgan fingerprint density at radius 1 is 1.18 bits per heavy atom. The molecule has 0 fully saturated rings. The quantitative estimate of drug-likeness (QED) is 0.772. The lowest BCUT2D eigenvalue weighted by Crippen LogP contribution is -2.29. The molecule has 0 unspecified atom stereocenters. The van der Waals surface area contributed by atoms with E-state index >= 15 is 0 Å². The van der Waals surface area contributed by atoms with Crippen molar-refractivity contribution in [1.82, 2.24) is 0 Å². The number of nitrogens with one attached hydrogen (secondary N) is 1. The first kappa shape index (κ1) is 13.7. The van der Waals surface area contributed by atoms with Crippen molar-refractivity contribution in [3.63, 3.8) is 0 Å². The summed E-state index contributed by atoms with van der Waals surface area (Å²) < 4.78 is 5.39. The third kappa shape index (κ3) is 2.19. The highest BCUT2D eigenvalue weighted by molar-refractivity contribution is 6.30. The Kier molecular flexibility index (Phi) is 3.34. The average molecular weight is 312 g/mol. The Hall–Kier alpha value is -1.93. The van der Waals surface area contributed by atoms with Gasteiger partial charge < -0.3 is 10.1 Å². The SMILES string of the molecule is COc1ccc2c(c1)[C@@H]1C=CC[C@@H]1[C@H](c1cccc(Cl)c1)N2. The summed E-state index contributed by atoms with van der Waals surface area (Å²) in [6.07, 6.45) is 5.72. The highest BCUT2D eigenvalue weighted by Crippen LogP contribution is 2.50. The van der Waals surface area contributed by atoms with Gasteiger partial charge in [-0.15, -0.1) is 0 Å². The number of ether oxygens (including phenoxy) is 1. The number of anilines is 1. The Morgan fingerprint density at radius 2 is 2.09 bits per heavy atom. The van der Waals surface area contributed by atoms with Crippen molar-refractivity contribution in [2.45, 2.75) is 18.4 Å². The second kappa shape index (κ2) is 5.36. The maximum Gasteiger partial charge on any atom is 0.119 e. The third-order valence-corrected chi connectivity index (χ3v) is 5.01. The third-order valence-electron chi connectivity index (χ3n) is 4.78. The first-order valence-corrected chi connectivity index (χ1v) is 8.00. The molecule has 2 aromatic carbocycles. The average Bonchev–Trinajstić information content (AvgIpc) is 3.03. The molecule has 2 aromatic rings. The van der Waals surface area contributed by atoms with E-state index in [1.54, 1.807) is 7.11 Å². The number of halogens is 1. The fraction of sp³-hybridized carbons (Fsp3) is 0.263. The van der Waals surface area contributed by atoms with Gasteiger partial charge in [-0.25, -0.2) is 0 Å². The zero-order valence-electron chi connectivity index (χ0n) is 12.4. The van der Waals surface area contributed by atoms with E-state index in [1.165, 1.54) is 16.8 Å². The summed E-state index contributed by atoms with van der Waals surface area (Å²) in [4.78, 5) is 0. The van der Waals surface area contributed by atoms with Crippen molar-refractivity contribution >= 4 is 17.3 Å². The van der Waals surface area contributed by atoms with E-state index in [4.69, 9.17) is 16.3 Å². The highest BCUT2D eigenvalue weighted by atomic mass is 35.5. The van der Waals surface area contributed by atoms with E-state index in [0.29, 0.717) is 17.9 Å². The maximum absolute atomic E-state index is 6.19. The second-order valence-electron chi connectivity index (χ2n) is 5.98. The van der Waals surface area contributed by atoms with E-state index in [9.17, 15) is 0 Å². The molecule has 0 aromatic heterocycles. The molecule has 0 amide bonds. The Balaban J connectivity index is 1.78. The lowest BCUT2D eigenvalue weighted by Gasteiger charge is -2.37. The number of hydrogen-bond acceptors (Lipinski definition) is 2. The summed E-state index contributed by atoms with van der Waals surface area (Å²) in [6, 6.07) is 14.8. The molecule has 0 saturated heterocycles. The van der Waals surface area contributed by atoms with Crippen LogP contribution in [0.2, 0.25) is 5.02 Å². The van der Waals surface area contributed by atoms with Crippen LogP contribution in [0.25, 0.3) is 0 Å². The summed E-state index contributed by atoms with van der Waals surface area (Å²) in [5, 5.41) is 4.50. The lowest BCUT2D eigenvalue weighted by atomic mass is 9.77. The molecule has 3 atom stereocenters. The molecule has 0 bridgehead atoms. The van der Waals surface area contributed by atoms with Gasteiger partial charge in [0.1, 0.15) is 5.75 Å². The van der Waals surface area contributed by atoms with Gasteiger partial charge in [-0.3, -0.25) is 0 Å². The van der Waals surface area contributed by atoms with Gasteiger partial charge in [0.2, 0.25) is 0 Å². The van der Waals surface area contributed by atoms with Gasteiger partial charge >= 0.3 is 0 Å². The van der Waals surface area contributed by atoms with E-state index in [0.717, 1.165) is 17.2 Å². The van der Waals surface area contributed by atoms with Crippen molar-refractivity contribution in [2.75, 3.05) is 12.4 Å². The molecule has 22 heavy (non-hydrogen) atoms. The first-order valence-electron chi connectivity index (χ1n) is 7.63. The Morgan fingerprint density at radius 3 is 2.91 bits per heavy atom. The number of hydrogen-bond donors (Lipinski definition) is 1. The van der Waals surface area contributed by atoms with Crippen LogP contribution in [0.5, 0.6) is 5.75 Å². The first-order chi connectivity index (χ1) is 10.8. The molecule has 0 radical (unpaired) electrons. The zero-order valence-corrected chi connectivity index (χ0v) is 13.2. The lowest BCUT2D eigenvalue weighted by molar-refractivity contribution is 0.405. The van der Waals surface area contributed by atoms with Gasteiger partial charge in [0, 0.05) is 16.6 Å². The van der Waals surface area contributed by atoms with Gasteiger partial charge in [-0.05, 0) is 53.8 Å². The van der Waals surface area contributed by atoms with Crippen LogP contribution in [0, 0.1) is 5.92 Å². The molecular formula is C19H18ClNO. The predicted octanol–water partition coefficient (Wildman–Crippen LogP) is 5.18. The fourth-order valence-corrected chi connectivity index (χ4v) is 3.93. The van der Waals surface area contributed by atoms with Crippen molar-refractivity contribution in [2.24, 2.45) is 5.92 Å². The normalized spacial score (nSPS) is 25.3. The van der Waals surface area contributed by atoms with Crippen molar-refractivity contribution in [3.8, 4) is 5.75 Å². The smallest absolute Gasteiger partial charge is 0.119 e. The summed E-state index contributed by atoms with van der Waals surface area (Å²) in [5.74, 6) is 1.88. The summed E-state index contributed by atoms with van der Waals surface area (Å²) in [7, 11) is 1.72. The molecule has 112 valence electrons. The van der Waals surface area contributed by atoms with Gasteiger partial charge in [-0.2, -0.15) is 0 Å². The number of methoxy groups -OCH3 is 1. The summed E-state index contributed by atoms with van der Waals surface area (Å²) in [6.45, 7) is 0. The maximum atomic E-state index is 6.19. The van der Waals surface area contributed by atoms with E-state index in [2.05, 4.69) is 41.7 Å². The van der Waals surface area contributed by atoms with Crippen LogP contribution in [0.1, 0.15) is 29.5 Å². The van der Waals surface area contributed by atoms with Crippen molar-refractivity contribution < 1.29 is 4.74 Å².